The minimum Gasteiger partial charge on any atom is -0.348 e. The van der Waals surface area contributed by atoms with Crippen molar-refractivity contribution in [1.29, 1.82) is 0 Å². The third-order valence-electron chi connectivity index (χ3n) is 3.86. The Hall–Kier alpha value is -2.37. The summed E-state index contributed by atoms with van der Waals surface area (Å²) in [6.45, 7) is 4.14. The molecule has 2 aromatic rings. The van der Waals surface area contributed by atoms with Crippen molar-refractivity contribution in [2.75, 3.05) is 11.9 Å². The lowest BCUT2D eigenvalue weighted by Crippen LogP contribution is -2.52. The lowest BCUT2D eigenvalue weighted by Gasteiger charge is -2.41. The van der Waals surface area contributed by atoms with Gasteiger partial charge in [0.25, 0.3) is 0 Å². The molecular weight excluding hydrogens is 304 g/mol. The average molecular weight is 326 g/mol. The Kier molecular flexibility index (Phi) is 4.83. The third kappa shape index (κ3) is 4.13. The van der Waals surface area contributed by atoms with Crippen molar-refractivity contribution >= 4 is 11.7 Å². The van der Waals surface area contributed by atoms with Gasteiger partial charge in [-0.05, 0) is 31.5 Å². The minimum atomic E-state index is -0.686. The van der Waals surface area contributed by atoms with Crippen molar-refractivity contribution < 1.29 is 14.3 Å². The molecule has 1 heterocycles. The number of ether oxygens (including phenoxy) is 2. The van der Waals surface area contributed by atoms with Crippen LogP contribution < -0.4 is 10.6 Å². The fourth-order valence-electron chi connectivity index (χ4n) is 2.72. The topological polar surface area (TPSA) is 59.6 Å². The number of amides is 2. The number of carbonyl (C=O) groups excluding carboxylic acids is 1. The van der Waals surface area contributed by atoms with Crippen LogP contribution in [0.1, 0.15) is 25.5 Å². The highest BCUT2D eigenvalue weighted by atomic mass is 16.7. The second-order valence-electron chi connectivity index (χ2n) is 6.23. The first-order valence-corrected chi connectivity index (χ1v) is 8.03. The van der Waals surface area contributed by atoms with Crippen LogP contribution in [0.25, 0.3) is 0 Å². The molecule has 2 atom stereocenters. The van der Waals surface area contributed by atoms with Gasteiger partial charge in [0.05, 0.1) is 12.6 Å². The zero-order valence-corrected chi connectivity index (χ0v) is 13.9. The predicted molar refractivity (Wildman–Crippen MR) is 92.7 cm³/mol. The maximum atomic E-state index is 12.3. The molecule has 2 aromatic carbocycles. The smallest absolute Gasteiger partial charge is 0.319 e. The van der Waals surface area contributed by atoms with Crippen molar-refractivity contribution in [1.82, 2.24) is 5.32 Å². The molecule has 0 aromatic heterocycles. The van der Waals surface area contributed by atoms with Gasteiger partial charge in [0.1, 0.15) is 6.10 Å². The Morgan fingerprint density at radius 1 is 1.04 bits per heavy atom. The number of carbonyl (C=O) groups is 1. The Morgan fingerprint density at radius 2 is 1.67 bits per heavy atom. The molecule has 0 radical (unpaired) electrons. The first-order valence-electron chi connectivity index (χ1n) is 8.03. The number of benzene rings is 2. The van der Waals surface area contributed by atoms with Gasteiger partial charge in [-0.15, -0.1) is 0 Å². The second kappa shape index (κ2) is 7.03. The number of para-hydroxylation sites is 1. The van der Waals surface area contributed by atoms with Gasteiger partial charge in [0.2, 0.25) is 0 Å². The molecule has 0 bridgehead atoms. The number of urea groups is 1. The van der Waals surface area contributed by atoms with Gasteiger partial charge in [-0.25, -0.2) is 4.79 Å². The summed E-state index contributed by atoms with van der Waals surface area (Å²) in [7, 11) is 0. The molecule has 0 aliphatic carbocycles. The largest absolute Gasteiger partial charge is 0.348 e. The Balaban J connectivity index is 1.71. The Bertz CT molecular complexity index is 674. The van der Waals surface area contributed by atoms with Crippen molar-refractivity contribution in [3.05, 3.63) is 66.2 Å². The molecule has 24 heavy (non-hydrogen) atoms. The maximum absolute atomic E-state index is 12.3. The van der Waals surface area contributed by atoms with Gasteiger partial charge in [0.15, 0.2) is 5.79 Å². The van der Waals surface area contributed by atoms with Gasteiger partial charge in [0, 0.05) is 5.69 Å². The molecule has 0 saturated carbocycles. The van der Waals surface area contributed by atoms with Crippen LogP contribution in [-0.2, 0) is 9.47 Å². The molecular formula is C19H22N2O3. The van der Waals surface area contributed by atoms with Gasteiger partial charge < -0.3 is 20.1 Å². The monoisotopic (exact) mass is 326 g/mol. The lowest BCUT2D eigenvalue weighted by molar-refractivity contribution is -0.284. The first-order chi connectivity index (χ1) is 11.5. The summed E-state index contributed by atoms with van der Waals surface area (Å²) in [5.74, 6) is -0.686. The minimum absolute atomic E-state index is 0.267. The fraction of sp³-hybridized carbons (Fsp3) is 0.316. The van der Waals surface area contributed by atoms with E-state index in [4.69, 9.17) is 9.47 Å². The molecule has 1 fully saturated rings. The van der Waals surface area contributed by atoms with Crippen LogP contribution in [0.15, 0.2) is 60.7 Å². The Morgan fingerprint density at radius 3 is 2.33 bits per heavy atom. The highest BCUT2D eigenvalue weighted by Crippen LogP contribution is 2.32. The van der Waals surface area contributed by atoms with Gasteiger partial charge in [-0.1, -0.05) is 48.5 Å². The Labute approximate surface area is 142 Å². The summed E-state index contributed by atoms with van der Waals surface area (Å²) in [5.41, 5.74) is 1.75. The zero-order valence-electron chi connectivity index (χ0n) is 13.9. The van der Waals surface area contributed by atoms with Crippen LogP contribution >= 0.6 is 0 Å². The van der Waals surface area contributed by atoms with Crippen LogP contribution in [0.4, 0.5) is 10.5 Å². The van der Waals surface area contributed by atoms with Gasteiger partial charge >= 0.3 is 6.03 Å². The number of nitrogens with one attached hydrogen (secondary N) is 2. The van der Waals surface area contributed by atoms with E-state index in [2.05, 4.69) is 10.6 Å². The van der Waals surface area contributed by atoms with E-state index >= 15 is 0 Å². The van der Waals surface area contributed by atoms with Crippen molar-refractivity contribution in [2.24, 2.45) is 0 Å². The van der Waals surface area contributed by atoms with E-state index in [1.807, 2.05) is 74.5 Å². The summed E-state index contributed by atoms with van der Waals surface area (Å²) < 4.78 is 11.8. The van der Waals surface area contributed by atoms with Crippen LogP contribution in [0.2, 0.25) is 0 Å². The fourth-order valence-corrected chi connectivity index (χ4v) is 2.72. The highest BCUT2D eigenvalue weighted by molar-refractivity contribution is 5.89. The van der Waals surface area contributed by atoms with Crippen molar-refractivity contribution in [3.63, 3.8) is 0 Å². The van der Waals surface area contributed by atoms with E-state index in [1.54, 1.807) is 0 Å². The second-order valence-corrected chi connectivity index (χ2v) is 6.23. The van der Waals surface area contributed by atoms with E-state index in [9.17, 15) is 4.79 Å². The number of anilines is 1. The first kappa shape index (κ1) is 16.5. The average Bonchev–Trinajstić information content (AvgIpc) is 2.58. The van der Waals surface area contributed by atoms with E-state index < -0.39 is 5.79 Å². The quantitative estimate of drug-likeness (QED) is 0.904. The molecule has 2 amide bonds. The SMILES string of the molecule is CC1(C)OCC(NC(=O)Nc2ccccc2)C(c2ccccc2)O1. The summed E-state index contributed by atoms with van der Waals surface area (Å²) >= 11 is 0. The maximum Gasteiger partial charge on any atom is 0.319 e. The van der Waals surface area contributed by atoms with Crippen LogP contribution in [0, 0.1) is 0 Å². The molecule has 2 N–H and O–H groups in total. The molecule has 2 unspecified atom stereocenters. The molecule has 126 valence electrons. The molecule has 1 saturated heterocycles. The third-order valence-corrected chi connectivity index (χ3v) is 3.86. The predicted octanol–water partition coefficient (Wildman–Crippen LogP) is 3.70. The molecule has 5 heteroatoms. The number of hydrogen-bond donors (Lipinski definition) is 2. The summed E-state index contributed by atoms with van der Waals surface area (Å²) in [5, 5.41) is 5.77. The standard InChI is InChI=1S/C19H22N2O3/c1-19(2)23-13-16(17(24-19)14-9-5-3-6-10-14)21-18(22)20-15-11-7-4-8-12-15/h3-12,16-17H,13H2,1-2H3,(H2,20,21,22). The van der Waals surface area contributed by atoms with Crippen molar-refractivity contribution in [2.45, 2.75) is 31.8 Å². The van der Waals surface area contributed by atoms with Crippen LogP contribution in [0.5, 0.6) is 0 Å². The van der Waals surface area contributed by atoms with Gasteiger partial charge in [-0.3, -0.25) is 0 Å². The normalized spacial score (nSPS) is 22.6. The summed E-state index contributed by atoms with van der Waals surface area (Å²) in [4.78, 5) is 12.3. The van der Waals surface area contributed by atoms with E-state index in [1.165, 1.54) is 0 Å². The van der Waals surface area contributed by atoms with Crippen LogP contribution in [0.3, 0.4) is 0 Å². The zero-order chi connectivity index (χ0) is 17.0. The van der Waals surface area contributed by atoms with E-state index in [-0.39, 0.29) is 18.2 Å². The highest BCUT2D eigenvalue weighted by Gasteiger charge is 2.38. The van der Waals surface area contributed by atoms with E-state index in [0.29, 0.717) is 6.61 Å². The lowest BCUT2D eigenvalue weighted by atomic mass is 10.0. The molecule has 0 spiro atoms. The summed E-state index contributed by atoms with van der Waals surface area (Å²) in [6.07, 6.45) is -0.267. The molecule has 5 nitrogen and oxygen atoms in total. The summed E-state index contributed by atoms with van der Waals surface area (Å²) in [6, 6.07) is 18.6. The molecule has 1 aliphatic heterocycles. The van der Waals surface area contributed by atoms with Crippen LogP contribution in [-0.4, -0.2) is 24.5 Å². The number of hydrogen-bond acceptors (Lipinski definition) is 3. The van der Waals surface area contributed by atoms with Crippen molar-refractivity contribution in [3.8, 4) is 0 Å². The molecule has 3 rings (SSSR count). The molecule has 1 aliphatic rings. The van der Waals surface area contributed by atoms with E-state index in [0.717, 1.165) is 11.3 Å². The number of rotatable bonds is 3. The van der Waals surface area contributed by atoms with Gasteiger partial charge in [-0.2, -0.15) is 0 Å².